The third-order valence-electron chi connectivity index (χ3n) is 6.80. The van der Waals surface area contributed by atoms with E-state index in [1.54, 1.807) is 0 Å². The molecular weight excluding hydrogens is 364 g/mol. The van der Waals surface area contributed by atoms with Crippen molar-refractivity contribution < 1.29 is 0 Å². The highest BCUT2D eigenvalue weighted by atomic mass is 15.2. The minimum Gasteiger partial charge on any atom is -0.294 e. The summed E-state index contributed by atoms with van der Waals surface area (Å²) in [6, 6.07) is 31.2. The Morgan fingerprint density at radius 3 is 2.07 bits per heavy atom. The van der Waals surface area contributed by atoms with E-state index < -0.39 is 0 Å². The number of fused-ring (bicyclic) bond motifs is 3. The zero-order chi connectivity index (χ0) is 20.3. The van der Waals surface area contributed by atoms with Gasteiger partial charge in [0, 0.05) is 17.5 Å². The largest absolute Gasteiger partial charge is 0.294 e. The predicted octanol–water partition coefficient (Wildman–Crippen LogP) is 5.86. The van der Waals surface area contributed by atoms with E-state index in [1.165, 1.54) is 53.9 Å². The van der Waals surface area contributed by atoms with E-state index in [0.717, 1.165) is 6.54 Å². The van der Waals surface area contributed by atoms with Gasteiger partial charge in [-0.25, -0.2) is 0 Å². The first-order valence-electron chi connectivity index (χ1n) is 11.2. The standard InChI is InChI=1S/C28H30N2/c1-21-9-8-10-22(19-21)20-29-27-25-15-17-30(18-16-25)28(27)26(23-11-4-2-5-12-23)24-13-6-3-7-14-24/h2-14,19,25-26,28H,15-18,20H2,1H3/b29-27+. The Hall–Kier alpha value is -2.71. The van der Waals surface area contributed by atoms with Crippen LogP contribution in [0.3, 0.4) is 0 Å². The Balaban J connectivity index is 1.56. The van der Waals surface area contributed by atoms with Gasteiger partial charge in [0.15, 0.2) is 0 Å². The summed E-state index contributed by atoms with van der Waals surface area (Å²) in [7, 11) is 0. The van der Waals surface area contributed by atoms with Gasteiger partial charge < -0.3 is 0 Å². The molecule has 2 heteroatoms. The maximum atomic E-state index is 5.31. The molecule has 152 valence electrons. The molecule has 0 radical (unpaired) electrons. The smallest absolute Gasteiger partial charge is 0.0640 e. The topological polar surface area (TPSA) is 15.6 Å². The summed E-state index contributed by atoms with van der Waals surface area (Å²) in [6.45, 7) is 5.33. The SMILES string of the molecule is Cc1cccc(C/N=C2\C3CCN(CC3)C2C(c2ccccc2)c2ccccc2)c1. The van der Waals surface area contributed by atoms with Gasteiger partial charge >= 0.3 is 0 Å². The van der Waals surface area contributed by atoms with Crippen molar-refractivity contribution >= 4 is 5.71 Å². The Bertz CT molecular complexity index is 962. The molecule has 3 fully saturated rings. The molecule has 0 spiro atoms. The highest BCUT2D eigenvalue weighted by Crippen LogP contribution is 2.40. The van der Waals surface area contributed by atoms with Crippen molar-refractivity contribution in [2.75, 3.05) is 13.1 Å². The monoisotopic (exact) mass is 394 g/mol. The fourth-order valence-electron chi connectivity index (χ4n) is 5.38. The van der Waals surface area contributed by atoms with Gasteiger partial charge in [-0.3, -0.25) is 9.89 Å². The van der Waals surface area contributed by atoms with E-state index in [9.17, 15) is 0 Å². The molecule has 0 aromatic heterocycles. The summed E-state index contributed by atoms with van der Waals surface area (Å²) in [5, 5.41) is 0. The average molecular weight is 395 g/mol. The minimum atomic E-state index is 0.326. The number of aliphatic imine (C=N–C) groups is 1. The van der Waals surface area contributed by atoms with Crippen LogP contribution in [0.15, 0.2) is 89.9 Å². The van der Waals surface area contributed by atoms with Crippen molar-refractivity contribution in [1.82, 2.24) is 4.90 Å². The summed E-state index contributed by atoms with van der Waals surface area (Å²) in [5.74, 6) is 0.950. The van der Waals surface area contributed by atoms with Crippen molar-refractivity contribution in [2.45, 2.75) is 38.3 Å². The lowest BCUT2D eigenvalue weighted by atomic mass is 9.72. The van der Waals surface area contributed by atoms with E-state index in [2.05, 4.69) is 96.8 Å². The summed E-state index contributed by atoms with van der Waals surface area (Å²) >= 11 is 0. The number of piperidine rings is 3. The summed E-state index contributed by atoms with van der Waals surface area (Å²) in [5.41, 5.74) is 6.83. The quantitative estimate of drug-likeness (QED) is 0.529. The molecule has 3 aromatic carbocycles. The number of hydrogen-bond acceptors (Lipinski definition) is 2. The van der Waals surface area contributed by atoms with Crippen LogP contribution in [-0.2, 0) is 6.54 Å². The molecular formula is C28H30N2. The molecule has 30 heavy (non-hydrogen) atoms. The van der Waals surface area contributed by atoms with Crippen LogP contribution < -0.4 is 0 Å². The maximum absolute atomic E-state index is 5.31. The van der Waals surface area contributed by atoms with Crippen molar-refractivity contribution in [3.05, 3.63) is 107 Å². The number of rotatable bonds is 5. The van der Waals surface area contributed by atoms with Gasteiger partial charge in [-0.15, -0.1) is 0 Å². The first kappa shape index (κ1) is 19.3. The molecule has 3 heterocycles. The van der Waals surface area contributed by atoms with E-state index in [4.69, 9.17) is 4.99 Å². The number of hydrogen-bond donors (Lipinski definition) is 0. The van der Waals surface area contributed by atoms with Gasteiger partial charge in [0.1, 0.15) is 0 Å². The second-order valence-corrected chi connectivity index (χ2v) is 8.78. The average Bonchev–Trinajstić information content (AvgIpc) is 2.81. The van der Waals surface area contributed by atoms with E-state index in [0.29, 0.717) is 17.9 Å². The van der Waals surface area contributed by atoms with Crippen LogP contribution in [0.5, 0.6) is 0 Å². The van der Waals surface area contributed by atoms with Crippen LogP contribution in [0.1, 0.15) is 41.0 Å². The predicted molar refractivity (Wildman–Crippen MR) is 125 cm³/mol. The van der Waals surface area contributed by atoms with E-state index in [1.807, 2.05) is 0 Å². The summed E-state index contributed by atoms with van der Waals surface area (Å²) in [6.07, 6.45) is 2.50. The van der Waals surface area contributed by atoms with E-state index in [-0.39, 0.29) is 0 Å². The van der Waals surface area contributed by atoms with Crippen molar-refractivity contribution in [1.29, 1.82) is 0 Å². The molecule has 0 saturated carbocycles. The third kappa shape index (κ3) is 3.85. The van der Waals surface area contributed by atoms with Gasteiger partial charge in [-0.1, -0.05) is 90.5 Å². The van der Waals surface area contributed by atoms with Crippen LogP contribution in [0.2, 0.25) is 0 Å². The number of nitrogens with zero attached hydrogens (tertiary/aromatic N) is 2. The lowest BCUT2D eigenvalue weighted by molar-refractivity contribution is 0.135. The molecule has 2 bridgehead atoms. The molecule has 0 aliphatic carbocycles. The molecule has 2 nitrogen and oxygen atoms in total. The Morgan fingerprint density at radius 2 is 1.47 bits per heavy atom. The molecule has 3 aliphatic heterocycles. The molecule has 0 N–H and O–H groups in total. The van der Waals surface area contributed by atoms with Gasteiger partial charge in [0.2, 0.25) is 0 Å². The first-order chi connectivity index (χ1) is 14.8. The minimum absolute atomic E-state index is 0.326. The summed E-state index contributed by atoms with van der Waals surface area (Å²) in [4.78, 5) is 8.00. The van der Waals surface area contributed by atoms with Crippen LogP contribution in [0, 0.1) is 12.8 Å². The molecule has 6 rings (SSSR count). The summed E-state index contributed by atoms with van der Waals surface area (Å²) < 4.78 is 0. The normalized spacial score (nSPS) is 24.5. The van der Waals surface area contributed by atoms with Gasteiger partial charge in [0.25, 0.3) is 0 Å². The second kappa shape index (κ2) is 8.57. The van der Waals surface area contributed by atoms with Gasteiger partial charge in [-0.05, 0) is 49.5 Å². The zero-order valence-corrected chi connectivity index (χ0v) is 17.7. The zero-order valence-electron chi connectivity index (χ0n) is 17.7. The highest BCUT2D eigenvalue weighted by molar-refractivity contribution is 5.94. The number of aryl methyl sites for hydroxylation is 1. The Labute approximate surface area is 180 Å². The lowest BCUT2D eigenvalue weighted by Gasteiger charge is -2.49. The molecule has 1 atom stereocenters. The third-order valence-corrected chi connectivity index (χ3v) is 6.80. The van der Waals surface area contributed by atoms with Gasteiger partial charge in [-0.2, -0.15) is 0 Å². The Kier molecular flexibility index (Phi) is 5.50. The second-order valence-electron chi connectivity index (χ2n) is 8.78. The Morgan fingerprint density at radius 1 is 0.833 bits per heavy atom. The van der Waals surface area contributed by atoms with Crippen molar-refractivity contribution in [3.63, 3.8) is 0 Å². The van der Waals surface area contributed by atoms with Crippen LogP contribution >= 0.6 is 0 Å². The van der Waals surface area contributed by atoms with Crippen molar-refractivity contribution in [3.8, 4) is 0 Å². The fourth-order valence-corrected chi connectivity index (χ4v) is 5.38. The first-order valence-corrected chi connectivity index (χ1v) is 11.2. The number of benzene rings is 3. The lowest BCUT2D eigenvalue weighted by Crippen LogP contribution is -2.58. The fraction of sp³-hybridized carbons (Fsp3) is 0.321. The maximum Gasteiger partial charge on any atom is 0.0640 e. The molecule has 1 unspecified atom stereocenters. The molecule has 3 aliphatic rings. The molecule has 3 aromatic rings. The van der Waals surface area contributed by atoms with Crippen LogP contribution in [0.25, 0.3) is 0 Å². The highest BCUT2D eigenvalue weighted by Gasteiger charge is 2.43. The molecule has 0 amide bonds. The van der Waals surface area contributed by atoms with Gasteiger partial charge in [0.05, 0.1) is 12.6 Å². The van der Waals surface area contributed by atoms with Crippen LogP contribution in [0.4, 0.5) is 0 Å². The van der Waals surface area contributed by atoms with Crippen LogP contribution in [-0.4, -0.2) is 29.7 Å². The molecule has 3 saturated heterocycles. The van der Waals surface area contributed by atoms with Crippen molar-refractivity contribution in [2.24, 2.45) is 10.9 Å². The van der Waals surface area contributed by atoms with E-state index >= 15 is 0 Å².